The van der Waals surface area contributed by atoms with Gasteiger partial charge in [0.1, 0.15) is 17.0 Å². The molecule has 0 aliphatic carbocycles. The number of carbonyl (C=O) groups is 3. The Morgan fingerprint density at radius 2 is 2.04 bits per heavy atom. The number of methoxy groups -OCH3 is 1. The van der Waals surface area contributed by atoms with Gasteiger partial charge in [0.15, 0.2) is 0 Å². The van der Waals surface area contributed by atoms with Gasteiger partial charge in [0.25, 0.3) is 5.91 Å². The predicted molar refractivity (Wildman–Crippen MR) is 89.8 cm³/mol. The van der Waals surface area contributed by atoms with Crippen molar-refractivity contribution in [1.29, 1.82) is 0 Å². The van der Waals surface area contributed by atoms with Crippen LogP contribution >= 0.6 is 0 Å². The summed E-state index contributed by atoms with van der Waals surface area (Å²) >= 11 is 0. The molecule has 1 atom stereocenters. The highest BCUT2D eigenvalue weighted by Crippen LogP contribution is 2.32. The van der Waals surface area contributed by atoms with Crippen molar-refractivity contribution in [2.24, 2.45) is 0 Å². The molecule has 1 aromatic heterocycles. The molecule has 2 heterocycles. The summed E-state index contributed by atoms with van der Waals surface area (Å²) in [5.41, 5.74) is 0.238. The maximum Gasteiger partial charge on any atom is 0.371 e. The minimum atomic E-state index is -1.23. The molecule has 136 valence electrons. The summed E-state index contributed by atoms with van der Waals surface area (Å²) in [5.74, 6) is -1.02. The summed E-state index contributed by atoms with van der Waals surface area (Å²) in [6.45, 7) is 3.32. The fourth-order valence-electron chi connectivity index (χ4n) is 2.96. The molecule has 0 radical (unpaired) electrons. The number of carboxylic acid groups (broad SMARTS) is 1. The van der Waals surface area contributed by atoms with Crippen molar-refractivity contribution < 1.29 is 28.6 Å². The van der Waals surface area contributed by atoms with Crippen molar-refractivity contribution in [2.45, 2.75) is 25.9 Å². The summed E-state index contributed by atoms with van der Waals surface area (Å²) in [6, 6.07) is 7.39. The van der Waals surface area contributed by atoms with E-state index < -0.39 is 23.4 Å². The van der Waals surface area contributed by atoms with Crippen molar-refractivity contribution in [3.05, 3.63) is 53.0 Å². The fourth-order valence-corrected chi connectivity index (χ4v) is 2.96. The number of ether oxygens (including phenoxy) is 1. The van der Waals surface area contributed by atoms with Crippen LogP contribution in [0.4, 0.5) is 4.79 Å². The van der Waals surface area contributed by atoms with Gasteiger partial charge >= 0.3 is 12.0 Å². The van der Waals surface area contributed by atoms with Crippen LogP contribution in [0.1, 0.15) is 34.4 Å². The van der Waals surface area contributed by atoms with E-state index in [-0.39, 0.29) is 18.1 Å². The number of imide groups is 1. The van der Waals surface area contributed by atoms with Crippen LogP contribution in [0.3, 0.4) is 0 Å². The number of urea groups is 1. The monoisotopic (exact) mass is 358 g/mol. The van der Waals surface area contributed by atoms with Crippen LogP contribution in [0.15, 0.2) is 34.7 Å². The van der Waals surface area contributed by atoms with E-state index in [9.17, 15) is 14.4 Å². The van der Waals surface area contributed by atoms with E-state index in [0.29, 0.717) is 11.3 Å². The summed E-state index contributed by atoms with van der Waals surface area (Å²) in [7, 11) is 1.56. The Morgan fingerprint density at radius 1 is 1.31 bits per heavy atom. The first-order chi connectivity index (χ1) is 12.3. The number of aromatic carboxylic acids is 1. The third-order valence-electron chi connectivity index (χ3n) is 4.43. The minimum absolute atomic E-state index is 0.150. The molecule has 0 spiro atoms. The Morgan fingerprint density at radius 3 is 2.62 bits per heavy atom. The molecule has 1 aliphatic heterocycles. The van der Waals surface area contributed by atoms with E-state index >= 15 is 0 Å². The first-order valence-corrected chi connectivity index (χ1v) is 7.87. The van der Waals surface area contributed by atoms with Gasteiger partial charge in [-0.1, -0.05) is 6.07 Å². The van der Waals surface area contributed by atoms with Crippen molar-refractivity contribution in [3.63, 3.8) is 0 Å². The van der Waals surface area contributed by atoms with Gasteiger partial charge in [-0.15, -0.1) is 0 Å². The second-order valence-electron chi connectivity index (χ2n) is 6.20. The molecule has 8 heteroatoms. The van der Waals surface area contributed by atoms with Crippen molar-refractivity contribution in [1.82, 2.24) is 10.2 Å². The summed E-state index contributed by atoms with van der Waals surface area (Å²) < 4.78 is 10.4. The summed E-state index contributed by atoms with van der Waals surface area (Å²) in [5, 5.41) is 11.6. The standard InChI is InChI=1S/C18H18N2O6/c1-10-8-11(4-6-13(10)25-3)18(2)16(23)20(17(24)19-18)9-12-5-7-14(26-12)15(21)22/h4-8H,9H2,1-3H3,(H,19,24)(H,21,22). The van der Waals surface area contributed by atoms with E-state index in [2.05, 4.69) is 5.32 Å². The zero-order valence-corrected chi connectivity index (χ0v) is 14.5. The summed E-state index contributed by atoms with van der Waals surface area (Å²) in [4.78, 5) is 37.1. The van der Waals surface area contributed by atoms with E-state index in [0.717, 1.165) is 10.5 Å². The molecule has 8 nitrogen and oxygen atoms in total. The van der Waals surface area contributed by atoms with Gasteiger partial charge in [0, 0.05) is 0 Å². The molecule has 2 N–H and O–H groups in total. The number of aryl methyl sites for hydroxylation is 1. The average Bonchev–Trinajstić information content (AvgIpc) is 3.15. The highest BCUT2D eigenvalue weighted by Gasteiger charge is 2.49. The van der Waals surface area contributed by atoms with Crippen LogP contribution in [0.25, 0.3) is 0 Å². The molecule has 1 unspecified atom stereocenters. The number of amides is 3. The molecular weight excluding hydrogens is 340 g/mol. The smallest absolute Gasteiger partial charge is 0.371 e. The predicted octanol–water partition coefficient (Wildman–Crippen LogP) is 2.26. The van der Waals surface area contributed by atoms with Crippen LogP contribution in [-0.2, 0) is 16.9 Å². The molecular formula is C18H18N2O6. The van der Waals surface area contributed by atoms with E-state index in [4.69, 9.17) is 14.3 Å². The second-order valence-corrected chi connectivity index (χ2v) is 6.20. The van der Waals surface area contributed by atoms with Crippen molar-refractivity contribution in [2.75, 3.05) is 7.11 Å². The largest absolute Gasteiger partial charge is 0.496 e. The topological polar surface area (TPSA) is 109 Å². The van der Waals surface area contributed by atoms with Crippen molar-refractivity contribution >= 4 is 17.9 Å². The number of nitrogens with zero attached hydrogens (tertiary/aromatic N) is 1. The number of nitrogens with one attached hydrogen (secondary N) is 1. The van der Waals surface area contributed by atoms with Crippen LogP contribution in [0.5, 0.6) is 5.75 Å². The molecule has 1 aromatic carbocycles. The molecule has 1 saturated heterocycles. The third-order valence-corrected chi connectivity index (χ3v) is 4.43. The first-order valence-electron chi connectivity index (χ1n) is 7.87. The lowest BCUT2D eigenvalue weighted by Gasteiger charge is -2.23. The lowest BCUT2D eigenvalue weighted by Crippen LogP contribution is -2.40. The lowest BCUT2D eigenvalue weighted by molar-refractivity contribution is -0.131. The van der Waals surface area contributed by atoms with Gasteiger partial charge in [0.05, 0.1) is 13.7 Å². The molecule has 3 rings (SSSR count). The Hall–Kier alpha value is -3.29. The molecule has 26 heavy (non-hydrogen) atoms. The molecule has 2 aromatic rings. The highest BCUT2D eigenvalue weighted by atomic mass is 16.5. The van der Waals surface area contributed by atoms with Gasteiger partial charge in [-0.3, -0.25) is 9.69 Å². The van der Waals surface area contributed by atoms with Gasteiger partial charge in [-0.2, -0.15) is 0 Å². The number of hydrogen-bond donors (Lipinski definition) is 2. The number of carbonyl (C=O) groups excluding carboxylic acids is 2. The molecule has 3 amide bonds. The zero-order valence-electron chi connectivity index (χ0n) is 14.5. The molecule has 1 fully saturated rings. The van der Waals surface area contributed by atoms with Gasteiger partial charge in [-0.05, 0) is 49.2 Å². The van der Waals surface area contributed by atoms with Crippen LogP contribution < -0.4 is 10.1 Å². The lowest BCUT2D eigenvalue weighted by atomic mass is 9.90. The molecule has 0 saturated carbocycles. The second kappa shape index (κ2) is 6.21. The number of furan rings is 1. The molecule has 1 aliphatic rings. The van der Waals surface area contributed by atoms with E-state index in [1.54, 1.807) is 32.2 Å². The maximum absolute atomic E-state index is 12.9. The van der Waals surface area contributed by atoms with E-state index in [1.165, 1.54) is 12.1 Å². The van der Waals surface area contributed by atoms with Crippen LogP contribution in [0, 0.1) is 6.92 Å². The SMILES string of the molecule is COc1ccc(C2(C)NC(=O)N(Cc3ccc(C(=O)O)o3)C2=O)cc1C. The van der Waals surface area contributed by atoms with Crippen LogP contribution in [0.2, 0.25) is 0 Å². The third kappa shape index (κ3) is 2.79. The Labute approximate surface area is 149 Å². The minimum Gasteiger partial charge on any atom is -0.496 e. The Kier molecular flexibility index (Phi) is 4.19. The fraction of sp³-hybridized carbons (Fsp3) is 0.278. The zero-order chi connectivity index (χ0) is 19.1. The first kappa shape index (κ1) is 17.5. The van der Waals surface area contributed by atoms with Crippen LogP contribution in [-0.4, -0.2) is 35.0 Å². The Bertz CT molecular complexity index is 903. The maximum atomic E-state index is 12.9. The number of benzene rings is 1. The average molecular weight is 358 g/mol. The number of rotatable bonds is 5. The van der Waals surface area contributed by atoms with E-state index in [1.807, 2.05) is 6.92 Å². The highest BCUT2D eigenvalue weighted by molar-refractivity contribution is 6.07. The summed E-state index contributed by atoms with van der Waals surface area (Å²) in [6.07, 6.45) is 0. The number of carboxylic acids is 1. The number of hydrogen-bond acceptors (Lipinski definition) is 5. The van der Waals surface area contributed by atoms with Crippen molar-refractivity contribution in [3.8, 4) is 5.75 Å². The van der Waals surface area contributed by atoms with Gasteiger partial charge in [0.2, 0.25) is 5.76 Å². The quantitative estimate of drug-likeness (QED) is 0.794. The Balaban J connectivity index is 1.87. The van der Waals surface area contributed by atoms with Gasteiger partial charge in [-0.25, -0.2) is 9.59 Å². The van der Waals surface area contributed by atoms with Gasteiger partial charge < -0.3 is 19.6 Å². The normalized spacial score (nSPS) is 19.6. The molecule has 0 bridgehead atoms.